The second kappa shape index (κ2) is 7.04. The molecule has 0 aliphatic heterocycles. The molecule has 0 aliphatic carbocycles. The Morgan fingerprint density at radius 2 is 1.33 bits per heavy atom. The Bertz CT molecular complexity index is 981. The molecule has 118 valence electrons. The maximum absolute atomic E-state index is 6.37. The van der Waals surface area contributed by atoms with E-state index in [2.05, 4.69) is 36.4 Å². The van der Waals surface area contributed by atoms with Crippen molar-refractivity contribution >= 4 is 34.9 Å². The van der Waals surface area contributed by atoms with E-state index in [1.54, 1.807) is 0 Å². The highest BCUT2D eigenvalue weighted by Gasteiger charge is 2.10. The SMILES string of the molecule is Cl.Clc1ccccc1-c1cc(-c2ccccc2)c2ccccc2n1. The lowest BCUT2D eigenvalue weighted by molar-refractivity contribution is 1.40. The van der Waals surface area contributed by atoms with Crippen LogP contribution in [0.2, 0.25) is 5.02 Å². The van der Waals surface area contributed by atoms with E-state index >= 15 is 0 Å². The summed E-state index contributed by atoms with van der Waals surface area (Å²) in [5.41, 5.74) is 5.18. The highest BCUT2D eigenvalue weighted by atomic mass is 35.5. The average molecular weight is 352 g/mol. The number of hydrogen-bond donors (Lipinski definition) is 0. The minimum atomic E-state index is 0. The van der Waals surface area contributed by atoms with E-state index < -0.39 is 0 Å². The smallest absolute Gasteiger partial charge is 0.0730 e. The van der Waals surface area contributed by atoms with Gasteiger partial charge in [0.05, 0.1) is 11.2 Å². The van der Waals surface area contributed by atoms with Gasteiger partial charge in [0.2, 0.25) is 0 Å². The summed E-state index contributed by atoms with van der Waals surface area (Å²) in [6.07, 6.45) is 0. The average Bonchev–Trinajstić information content (AvgIpc) is 2.62. The van der Waals surface area contributed by atoms with Gasteiger partial charge >= 0.3 is 0 Å². The van der Waals surface area contributed by atoms with Crippen molar-refractivity contribution in [2.24, 2.45) is 0 Å². The van der Waals surface area contributed by atoms with Crippen LogP contribution >= 0.6 is 24.0 Å². The molecule has 1 nitrogen and oxygen atoms in total. The molecule has 0 N–H and O–H groups in total. The Kier molecular flexibility index (Phi) is 4.84. The molecule has 0 saturated heterocycles. The normalized spacial score (nSPS) is 10.4. The topological polar surface area (TPSA) is 12.9 Å². The van der Waals surface area contributed by atoms with Crippen molar-refractivity contribution in [2.45, 2.75) is 0 Å². The molecule has 0 radical (unpaired) electrons. The zero-order valence-electron chi connectivity index (χ0n) is 12.8. The number of halogens is 2. The van der Waals surface area contributed by atoms with Crippen LogP contribution in [0.25, 0.3) is 33.3 Å². The lowest BCUT2D eigenvalue weighted by atomic mass is 9.98. The molecule has 24 heavy (non-hydrogen) atoms. The van der Waals surface area contributed by atoms with Crippen molar-refractivity contribution in [3.05, 3.63) is 90.0 Å². The maximum atomic E-state index is 6.37. The van der Waals surface area contributed by atoms with Crippen LogP contribution in [-0.2, 0) is 0 Å². The predicted octanol–water partition coefficient (Wildman–Crippen LogP) is 6.64. The molecule has 0 saturated carbocycles. The first-order valence-electron chi connectivity index (χ1n) is 7.53. The lowest BCUT2D eigenvalue weighted by Gasteiger charge is -2.11. The Hall–Kier alpha value is -2.35. The number of rotatable bonds is 2. The van der Waals surface area contributed by atoms with Crippen molar-refractivity contribution < 1.29 is 0 Å². The number of fused-ring (bicyclic) bond motifs is 1. The molecule has 3 heteroatoms. The molecule has 0 atom stereocenters. The molecular weight excluding hydrogens is 337 g/mol. The highest BCUT2D eigenvalue weighted by Crippen LogP contribution is 2.34. The van der Waals surface area contributed by atoms with Crippen molar-refractivity contribution in [1.29, 1.82) is 0 Å². The second-order valence-corrected chi connectivity index (χ2v) is 5.83. The molecule has 1 aromatic heterocycles. The van der Waals surface area contributed by atoms with Crippen molar-refractivity contribution in [3.63, 3.8) is 0 Å². The number of nitrogens with zero attached hydrogens (tertiary/aromatic N) is 1. The summed E-state index contributed by atoms with van der Waals surface area (Å²) in [7, 11) is 0. The van der Waals surface area contributed by atoms with Gasteiger partial charge in [-0.1, -0.05) is 78.3 Å². The Morgan fingerprint density at radius 1 is 0.667 bits per heavy atom. The number of aromatic nitrogens is 1. The summed E-state index contributed by atoms with van der Waals surface area (Å²) in [4.78, 5) is 4.81. The zero-order chi connectivity index (χ0) is 15.6. The van der Waals surface area contributed by atoms with Crippen molar-refractivity contribution in [3.8, 4) is 22.4 Å². The molecule has 0 aliphatic rings. The fourth-order valence-corrected chi connectivity index (χ4v) is 3.07. The standard InChI is InChI=1S/C21H14ClN.ClH/c22-19-12-6-4-11-17(19)21-14-18(15-8-2-1-3-9-15)16-10-5-7-13-20(16)23-21;/h1-14H;1H. The Morgan fingerprint density at radius 3 is 2.12 bits per heavy atom. The van der Waals surface area contributed by atoms with Crippen molar-refractivity contribution in [2.75, 3.05) is 0 Å². The molecule has 1 heterocycles. The van der Waals surface area contributed by atoms with Gasteiger partial charge in [0.1, 0.15) is 0 Å². The number of pyridine rings is 1. The Balaban J connectivity index is 0.00000169. The monoisotopic (exact) mass is 351 g/mol. The van der Waals surface area contributed by atoms with Crippen molar-refractivity contribution in [1.82, 2.24) is 4.98 Å². The fraction of sp³-hybridized carbons (Fsp3) is 0. The molecule has 0 spiro atoms. The van der Waals surface area contributed by atoms with Crippen LogP contribution in [-0.4, -0.2) is 4.98 Å². The van der Waals surface area contributed by atoms with Gasteiger partial charge in [0.15, 0.2) is 0 Å². The molecule has 0 fully saturated rings. The first-order chi connectivity index (χ1) is 11.3. The van der Waals surface area contributed by atoms with Gasteiger partial charge in [0, 0.05) is 16.0 Å². The van der Waals surface area contributed by atoms with Gasteiger partial charge in [-0.2, -0.15) is 0 Å². The van der Waals surface area contributed by atoms with Gasteiger partial charge < -0.3 is 0 Å². The van der Waals surface area contributed by atoms with Gasteiger partial charge in [-0.3, -0.25) is 0 Å². The first kappa shape index (κ1) is 16.5. The van der Waals surface area contributed by atoms with Crippen LogP contribution < -0.4 is 0 Å². The van der Waals surface area contributed by atoms with Crippen LogP contribution in [0.5, 0.6) is 0 Å². The van der Waals surface area contributed by atoms with Crippen LogP contribution in [0.15, 0.2) is 84.9 Å². The quantitative estimate of drug-likeness (QED) is 0.394. The molecule has 0 bridgehead atoms. The first-order valence-corrected chi connectivity index (χ1v) is 7.91. The number of para-hydroxylation sites is 1. The van der Waals surface area contributed by atoms with Gasteiger partial charge in [-0.15, -0.1) is 12.4 Å². The summed E-state index contributed by atoms with van der Waals surface area (Å²) < 4.78 is 0. The molecular formula is C21H15Cl2N. The van der Waals surface area contributed by atoms with Gasteiger partial charge in [-0.25, -0.2) is 4.98 Å². The molecule has 4 rings (SSSR count). The molecule has 0 amide bonds. The third kappa shape index (κ3) is 3.01. The summed E-state index contributed by atoms with van der Waals surface area (Å²) in [5, 5.41) is 1.86. The van der Waals surface area contributed by atoms with E-state index in [1.165, 1.54) is 11.1 Å². The molecule has 4 aromatic rings. The third-order valence-electron chi connectivity index (χ3n) is 3.95. The van der Waals surface area contributed by atoms with Gasteiger partial charge in [-0.05, 0) is 29.3 Å². The van der Waals surface area contributed by atoms with Crippen LogP contribution in [0.4, 0.5) is 0 Å². The minimum absolute atomic E-state index is 0. The maximum Gasteiger partial charge on any atom is 0.0730 e. The minimum Gasteiger partial charge on any atom is -0.248 e. The van der Waals surface area contributed by atoms with Gasteiger partial charge in [0.25, 0.3) is 0 Å². The lowest BCUT2D eigenvalue weighted by Crippen LogP contribution is -1.90. The zero-order valence-corrected chi connectivity index (χ0v) is 14.4. The predicted molar refractivity (Wildman–Crippen MR) is 105 cm³/mol. The van der Waals surface area contributed by atoms with Crippen LogP contribution in [0.1, 0.15) is 0 Å². The molecule has 0 unspecified atom stereocenters. The summed E-state index contributed by atoms with van der Waals surface area (Å²) >= 11 is 6.37. The van der Waals surface area contributed by atoms with E-state index in [4.69, 9.17) is 16.6 Å². The second-order valence-electron chi connectivity index (χ2n) is 5.42. The fourth-order valence-electron chi connectivity index (χ4n) is 2.84. The van der Waals surface area contributed by atoms with Crippen LogP contribution in [0.3, 0.4) is 0 Å². The largest absolute Gasteiger partial charge is 0.248 e. The van der Waals surface area contributed by atoms with Crippen LogP contribution in [0, 0.1) is 0 Å². The summed E-state index contributed by atoms with van der Waals surface area (Å²) in [6, 6.07) is 28.6. The molecule has 3 aromatic carbocycles. The van der Waals surface area contributed by atoms with E-state index in [0.29, 0.717) is 5.02 Å². The van der Waals surface area contributed by atoms with E-state index in [9.17, 15) is 0 Å². The highest BCUT2D eigenvalue weighted by molar-refractivity contribution is 6.33. The number of hydrogen-bond acceptors (Lipinski definition) is 1. The number of benzene rings is 3. The van der Waals surface area contributed by atoms with E-state index in [0.717, 1.165) is 22.2 Å². The summed E-state index contributed by atoms with van der Waals surface area (Å²) in [5.74, 6) is 0. The Labute approximate surface area is 152 Å². The van der Waals surface area contributed by atoms with E-state index in [1.807, 2.05) is 48.5 Å². The van der Waals surface area contributed by atoms with E-state index in [-0.39, 0.29) is 12.4 Å². The summed E-state index contributed by atoms with van der Waals surface area (Å²) in [6.45, 7) is 0. The third-order valence-corrected chi connectivity index (χ3v) is 4.28.